The van der Waals surface area contributed by atoms with Gasteiger partial charge >= 0.3 is 5.97 Å². The van der Waals surface area contributed by atoms with E-state index in [0.717, 1.165) is 25.3 Å². The Hall–Kier alpha value is -0.750. The molecule has 6 heteroatoms. The Morgan fingerprint density at radius 2 is 2.05 bits per heavy atom. The maximum absolute atomic E-state index is 12.3. The third-order valence-corrected chi connectivity index (χ3v) is 4.44. The third-order valence-electron chi connectivity index (χ3n) is 4.44. The smallest absolute Gasteiger partial charge is 0.310 e. The van der Waals surface area contributed by atoms with E-state index in [4.69, 9.17) is 4.74 Å². The van der Waals surface area contributed by atoms with E-state index in [2.05, 4.69) is 17.1 Å². The number of hydrogen-bond donors (Lipinski definition) is 1. The van der Waals surface area contributed by atoms with E-state index < -0.39 is 6.43 Å². The molecule has 0 radical (unpaired) electrons. The maximum Gasteiger partial charge on any atom is 0.310 e. The van der Waals surface area contributed by atoms with Gasteiger partial charge in [0.2, 0.25) is 0 Å². The van der Waals surface area contributed by atoms with Crippen LogP contribution < -0.4 is 5.32 Å². The number of nitrogens with one attached hydrogen (secondary N) is 1. The SMILES string of the molecule is COC(=O)C1CC(NCC(F)F)CN(C2CC(C)C2)C1. The summed E-state index contributed by atoms with van der Waals surface area (Å²) in [5.41, 5.74) is 0. The molecule has 2 rings (SSSR count). The van der Waals surface area contributed by atoms with Crippen LogP contribution in [0.4, 0.5) is 8.78 Å². The van der Waals surface area contributed by atoms with Gasteiger partial charge in [0.05, 0.1) is 19.6 Å². The summed E-state index contributed by atoms with van der Waals surface area (Å²) in [6.07, 6.45) is 0.494. The van der Waals surface area contributed by atoms with Gasteiger partial charge in [-0.3, -0.25) is 9.69 Å². The molecule has 1 heterocycles. The molecule has 2 unspecified atom stereocenters. The molecule has 0 spiro atoms. The fourth-order valence-corrected chi connectivity index (χ4v) is 3.33. The number of nitrogens with zero attached hydrogens (tertiary/aromatic N) is 1. The fraction of sp³-hybridized carbons (Fsp3) is 0.929. The molecule has 0 bridgehead atoms. The zero-order valence-corrected chi connectivity index (χ0v) is 12.1. The van der Waals surface area contributed by atoms with Crippen molar-refractivity contribution in [3.8, 4) is 0 Å². The number of methoxy groups -OCH3 is 1. The van der Waals surface area contributed by atoms with Gasteiger partial charge in [-0.25, -0.2) is 8.78 Å². The van der Waals surface area contributed by atoms with Crippen molar-refractivity contribution in [1.82, 2.24) is 10.2 Å². The molecule has 0 aromatic carbocycles. The first-order valence-electron chi connectivity index (χ1n) is 7.33. The third kappa shape index (κ3) is 3.88. The van der Waals surface area contributed by atoms with Crippen LogP contribution in [0.2, 0.25) is 0 Å². The Morgan fingerprint density at radius 1 is 1.35 bits per heavy atom. The number of hydrogen-bond acceptors (Lipinski definition) is 4. The van der Waals surface area contributed by atoms with Gasteiger partial charge in [-0.05, 0) is 25.2 Å². The molecule has 20 heavy (non-hydrogen) atoms. The van der Waals surface area contributed by atoms with E-state index in [0.29, 0.717) is 19.0 Å². The lowest BCUT2D eigenvalue weighted by Gasteiger charge is -2.47. The number of rotatable bonds is 5. The summed E-state index contributed by atoms with van der Waals surface area (Å²) in [7, 11) is 1.38. The van der Waals surface area contributed by atoms with Crippen LogP contribution in [-0.2, 0) is 9.53 Å². The first kappa shape index (κ1) is 15.6. The van der Waals surface area contributed by atoms with Crippen molar-refractivity contribution in [2.24, 2.45) is 11.8 Å². The van der Waals surface area contributed by atoms with Crippen molar-refractivity contribution in [1.29, 1.82) is 0 Å². The van der Waals surface area contributed by atoms with E-state index in [1.807, 2.05) is 0 Å². The number of carbonyl (C=O) groups is 1. The number of carbonyl (C=O) groups excluding carboxylic acids is 1. The Morgan fingerprint density at radius 3 is 2.60 bits per heavy atom. The van der Waals surface area contributed by atoms with E-state index >= 15 is 0 Å². The topological polar surface area (TPSA) is 41.6 Å². The molecular weight excluding hydrogens is 266 g/mol. The second-order valence-corrected chi connectivity index (χ2v) is 6.14. The Kier molecular flexibility index (Phi) is 5.32. The molecule has 2 aliphatic rings. The van der Waals surface area contributed by atoms with Gasteiger partial charge in [-0.15, -0.1) is 0 Å². The van der Waals surface area contributed by atoms with Crippen LogP contribution in [-0.4, -0.2) is 56.1 Å². The van der Waals surface area contributed by atoms with Crippen molar-refractivity contribution in [2.45, 2.75) is 44.7 Å². The van der Waals surface area contributed by atoms with E-state index in [9.17, 15) is 13.6 Å². The summed E-state index contributed by atoms with van der Waals surface area (Å²) in [6, 6.07) is 0.436. The van der Waals surface area contributed by atoms with Crippen LogP contribution in [0.1, 0.15) is 26.2 Å². The second-order valence-electron chi connectivity index (χ2n) is 6.14. The van der Waals surface area contributed by atoms with Crippen LogP contribution in [0, 0.1) is 11.8 Å². The first-order valence-corrected chi connectivity index (χ1v) is 7.33. The molecule has 0 aromatic heterocycles. The number of esters is 1. The Bertz CT molecular complexity index is 335. The molecule has 1 aliphatic heterocycles. The normalized spacial score (nSPS) is 34.9. The average Bonchev–Trinajstić information content (AvgIpc) is 2.40. The van der Waals surface area contributed by atoms with Gasteiger partial charge in [0.15, 0.2) is 0 Å². The summed E-state index contributed by atoms with van der Waals surface area (Å²) in [4.78, 5) is 14.0. The van der Waals surface area contributed by atoms with Gasteiger partial charge in [0.25, 0.3) is 6.43 Å². The molecule has 0 amide bonds. The Balaban J connectivity index is 1.93. The minimum absolute atomic E-state index is 0.0576. The fourth-order valence-electron chi connectivity index (χ4n) is 3.33. The van der Waals surface area contributed by atoms with E-state index in [1.165, 1.54) is 7.11 Å². The maximum atomic E-state index is 12.3. The van der Waals surface area contributed by atoms with Gasteiger partial charge in [-0.2, -0.15) is 0 Å². The van der Waals surface area contributed by atoms with Crippen LogP contribution in [0.3, 0.4) is 0 Å². The van der Waals surface area contributed by atoms with Crippen molar-refractivity contribution < 1.29 is 18.3 Å². The van der Waals surface area contributed by atoms with Gasteiger partial charge in [-0.1, -0.05) is 6.92 Å². The van der Waals surface area contributed by atoms with Crippen LogP contribution in [0.25, 0.3) is 0 Å². The molecule has 2 atom stereocenters. The van der Waals surface area contributed by atoms with Crippen LogP contribution in [0.15, 0.2) is 0 Å². The summed E-state index contributed by atoms with van der Waals surface area (Å²) >= 11 is 0. The monoisotopic (exact) mass is 290 g/mol. The molecule has 0 aromatic rings. The molecule has 2 fully saturated rings. The molecule has 1 aliphatic carbocycles. The Labute approximate surface area is 118 Å². The van der Waals surface area contributed by atoms with Crippen molar-refractivity contribution in [3.05, 3.63) is 0 Å². The number of likely N-dealkylation sites (tertiary alicyclic amines) is 1. The summed E-state index contributed by atoms with van der Waals surface area (Å²) in [5, 5.41) is 2.87. The van der Waals surface area contributed by atoms with E-state index in [-0.39, 0.29) is 24.5 Å². The molecular formula is C14H24F2N2O2. The van der Waals surface area contributed by atoms with Crippen molar-refractivity contribution in [3.63, 3.8) is 0 Å². The highest BCUT2D eigenvalue weighted by Crippen LogP contribution is 2.34. The predicted octanol–water partition coefficient (Wildman–Crippen LogP) is 1.50. The molecule has 1 saturated heterocycles. The quantitative estimate of drug-likeness (QED) is 0.779. The summed E-state index contributed by atoms with van der Waals surface area (Å²) in [6.45, 7) is 3.34. The number of ether oxygens (including phenoxy) is 1. The first-order chi connectivity index (χ1) is 9.49. The highest BCUT2D eigenvalue weighted by atomic mass is 19.3. The minimum atomic E-state index is -2.36. The highest BCUT2D eigenvalue weighted by Gasteiger charge is 2.38. The summed E-state index contributed by atoms with van der Waals surface area (Å²) in [5.74, 6) is 0.289. The van der Waals surface area contributed by atoms with E-state index in [1.54, 1.807) is 0 Å². The molecule has 116 valence electrons. The average molecular weight is 290 g/mol. The summed E-state index contributed by atoms with van der Waals surface area (Å²) < 4.78 is 29.5. The highest BCUT2D eigenvalue weighted by molar-refractivity contribution is 5.72. The zero-order chi connectivity index (χ0) is 14.7. The lowest BCUT2D eigenvalue weighted by atomic mass is 9.79. The van der Waals surface area contributed by atoms with Gasteiger partial charge < -0.3 is 10.1 Å². The van der Waals surface area contributed by atoms with Crippen LogP contribution in [0.5, 0.6) is 0 Å². The standard InChI is InChI=1S/C14H24F2N2O2/c1-9-3-12(4-9)18-7-10(14(19)20-2)5-11(8-18)17-6-13(15)16/h9-13,17H,3-8H2,1-2H3. The largest absolute Gasteiger partial charge is 0.469 e. The second kappa shape index (κ2) is 6.80. The molecule has 1 N–H and O–H groups in total. The number of halogens is 2. The minimum Gasteiger partial charge on any atom is -0.469 e. The molecule has 4 nitrogen and oxygen atoms in total. The van der Waals surface area contributed by atoms with Crippen LogP contribution >= 0.6 is 0 Å². The van der Waals surface area contributed by atoms with Gasteiger partial charge in [0, 0.05) is 25.2 Å². The van der Waals surface area contributed by atoms with Gasteiger partial charge in [0.1, 0.15) is 0 Å². The molecule has 1 saturated carbocycles. The number of alkyl halides is 2. The lowest BCUT2D eigenvalue weighted by Crippen LogP contribution is -2.57. The lowest BCUT2D eigenvalue weighted by molar-refractivity contribution is -0.148. The van der Waals surface area contributed by atoms with Crippen molar-refractivity contribution >= 4 is 5.97 Å². The van der Waals surface area contributed by atoms with Crippen molar-refractivity contribution in [2.75, 3.05) is 26.7 Å². The zero-order valence-electron chi connectivity index (χ0n) is 12.1. The predicted molar refractivity (Wildman–Crippen MR) is 71.7 cm³/mol. The number of piperidine rings is 1.